The second-order valence-corrected chi connectivity index (χ2v) is 9.74. The van der Waals surface area contributed by atoms with Gasteiger partial charge < -0.3 is 14.6 Å². The molecule has 2 aromatic rings. The molecule has 1 aliphatic heterocycles. The molecule has 1 N–H and O–H groups in total. The maximum atomic E-state index is 13.4. The molecule has 0 radical (unpaired) electrons. The third-order valence-electron chi connectivity index (χ3n) is 5.35. The number of aliphatic hydroxyl groups is 1. The van der Waals surface area contributed by atoms with Crippen LogP contribution in [0.4, 0.5) is 3.89 Å². The predicted octanol–water partition coefficient (Wildman–Crippen LogP) is 5.91. The zero-order valence-electron chi connectivity index (χ0n) is 17.2. The quantitative estimate of drug-likeness (QED) is 0.557. The Labute approximate surface area is 181 Å². The Hall–Kier alpha value is -1.37. The van der Waals surface area contributed by atoms with Crippen molar-refractivity contribution in [1.82, 2.24) is 0 Å². The van der Waals surface area contributed by atoms with Gasteiger partial charge in [0.05, 0.1) is 20.3 Å². The molecule has 29 heavy (non-hydrogen) atoms. The first kappa shape index (κ1) is 22.3. The van der Waals surface area contributed by atoms with Crippen molar-refractivity contribution in [3.8, 4) is 11.5 Å². The van der Waals surface area contributed by atoms with Crippen LogP contribution in [0.1, 0.15) is 47.3 Å². The summed E-state index contributed by atoms with van der Waals surface area (Å²) in [5.74, 6) is 1.73. The van der Waals surface area contributed by atoms with E-state index in [0.29, 0.717) is 25.2 Å². The Kier molecular flexibility index (Phi) is 8.16. The number of aryl methyl sites for hydroxylation is 1. The predicted molar refractivity (Wildman–Crippen MR) is 121 cm³/mol. The first-order chi connectivity index (χ1) is 14.1. The Morgan fingerprint density at radius 3 is 2.59 bits per heavy atom. The maximum absolute atomic E-state index is 13.4. The molecule has 1 fully saturated rings. The fourth-order valence-corrected chi connectivity index (χ4v) is 6.20. The molecule has 3 rings (SSSR count). The molecule has 0 saturated carbocycles. The van der Waals surface area contributed by atoms with E-state index in [1.165, 1.54) is 16.7 Å². The monoisotopic (exact) mass is 436 g/mol. The summed E-state index contributed by atoms with van der Waals surface area (Å²) >= 11 is 2.15. The number of thioether (sulfide) groups is 1. The van der Waals surface area contributed by atoms with Gasteiger partial charge >= 0.3 is 0 Å². The summed E-state index contributed by atoms with van der Waals surface area (Å²) in [4.78, 5) is 0. The number of halogens is 1. The van der Waals surface area contributed by atoms with Crippen LogP contribution >= 0.6 is 23.9 Å². The molecule has 2 aromatic carbocycles. The number of ether oxygens (including phenoxy) is 2. The molecule has 0 spiro atoms. The van der Waals surface area contributed by atoms with Crippen LogP contribution in [-0.4, -0.2) is 35.9 Å². The minimum absolute atomic E-state index is 0.0579. The lowest BCUT2D eigenvalue weighted by atomic mass is 9.94. The second-order valence-electron chi connectivity index (χ2n) is 7.39. The highest BCUT2D eigenvalue weighted by Gasteiger charge is 2.32. The maximum Gasteiger partial charge on any atom is 0.123 e. The number of aliphatic hydroxyl groups excluding tert-OH is 1. The van der Waals surface area contributed by atoms with E-state index in [1.807, 2.05) is 19.1 Å². The number of hydrogen-bond acceptors (Lipinski definition) is 5. The lowest BCUT2D eigenvalue weighted by Crippen LogP contribution is -2.25. The van der Waals surface area contributed by atoms with Crippen LogP contribution in [0.5, 0.6) is 11.5 Å². The number of rotatable bonds is 8. The van der Waals surface area contributed by atoms with Gasteiger partial charge in [-0.15, -0.1) is 11.8 Å². The van der Waals surface area contributed by atoms with Crippen LogP contribution in [0.25, 0.3) is 0 Å². The Morgan fingerprint density at radius 2 is 1.97 bits per heavy atom. The van der Waals surface area contributed by atoms with Crippen LogP contribution in [0.15, 0.2) is 36.4 Å². The largest absolute Gasteiger partial charge is 0.496 e. The van der Waals surface area contributed by atoms with E-state index in [0.717, 1.165) is 29.9 Å². The molecule has 0 unspecified atom stereocenters. The van der Waals surface area contributed by atoms with Gasteiger partial charge in [0.1, 0.15) is 11.5 Å². The zero-order valence-corrected chi connectivity index (χ0v) is 18.8. The van der Waals surface area contributed by atoms with Crippen molar-refractivity contribution in [3.63, 3.8) is 0 Å². The van der Waals surface area contributed by atoms with E-state index in [2.05, 4.69) is 31.2 Å². The van der Waals surface area contributed by atoms with Crippen LogP contribution < -0.4 is 9.47 Å². The molecule has 0 bridgehead atoms. The van der Waals surface area contributed by atoms with Gasteiger partial charge in [-0.25, -0.2) is 0 Å². The van der Waals surface area contributed by atoms with Gasteiger partial charge in [0.25, 0.3) is 0 Å². The third-order valence-corrected chi connectivity index (χ3v) is 7.49. The lowest BCUT2D eigenvalue weighted by molar-refractivity contribution is 0.286. The first-order valence-corrected chi connectivity index (χ1v) is 11.7. The highest BCUT2D eigenvalue weighted by molar-refractivity contribution is 8.00. The van der Waals surface area contributed by atoms with Crippen LogP contribution in [0.2, 0.25) is 0 Å². The summed E-state index contributed by atoms with van der Waals surface area (Å²) in [5.41, 5.74) is 4.73. The van der Waals surface area contributed by atoms with Crippen molar-refractivity contribution in [2.45, 2.75) is 48.9 Å². The van der Waals surface area contributed by atoms with Crippen molar-refractivity contribution in [3.05, 3.63) is 58.7 Å². The fraction of sp³-hybridized carbons (Fsp3) is 0.478. The van der Waals surface area contributed by atoms with Gasteiger partial charge in [-0.3, -0.25) is 0 Å². The Morgan fingerprint density at radius 1 is 1.21 bits per heavy atom. The lowest BCUT2D eigenvalue weighted by Gasteiger charge is -2.33. The second kappa shape index (κ2) is 10.6. The van der Waals surface area contributed by atoms with Crippen molar-refractivity contribution in [2.75, 3.05) is 20.3 Å². The van der Waals surface area contributed by atoms with E-state index < -0.39 is 0 Å². The summed E-state index contributed by atoms with van der Waals surface area (Å²) in [6.07, 6.45) is 2.26. The van der Waals surface area contributed by atoms with Gasteiger partial charge in [-0.05, 0) is 68.0 Å². The average molecular weight is 437 g/mol. The normalized spacial score (nSPS) is 21.8. The summed E-state index contributed by atoms with van der Waals surface area (Å²) in [5, 5.41) is 9.74. The zero-order chi connectivity index (χ0) is 20.8. The van der Waals surface area contributed by atoms with E-state index in [-0.39, 0.29) is 22.4 Å². The molecule has 6 heteroatoms. The topological polar surface area (TPSA) is 38.7 Å². The van der Waals surface area contributed by atoms with E-state index in [4.69, 9.17) is 9.47 Å². The number of hydrogen-bond donors (Lipinski definition) is 1. The molecule has 1 aliphatic rings. The number of methoxy groups -OCH3 is 1. The highest BCUT2D eigenvalue weighted by Crippen LogP contribution is 2.49. The van der Waals surface area contributed by atoms with Gasteiger partial charge in [0, 0.05) is 33.5 Å². The van der Waals surface area contributed by atoms with Gasteiger partial charge in [-0.1, -0.05) is 18.2 Å². The molecule has 3 atom stereocenters. The van der Waals surface area contributed by atoms with E-state index >= 15 is 0 Å². The molecular formula is C23H29FO3S2. The van der Waals surface area contributed by atoms with E-state index in [1.54, 1.807) is 18.9 Å². The van der Waals surface area contributed by atoms with Crippen LogP contribution in [0.3, 0.4) is 0 Å². The van der Waals surface area contributed by atoms with Gasteiger partial charge in [0.15, 0.2) is 0 Å². The van der Waals surface area contributed by atoms with Gasteiger partial charge in [-0.2, -0.15) is 3.89 Å². The molecular weight excluding hydrogens is 407 g/mol. The smallest absolute Gasteiger partial charge is 0.123 e. The van der Waals surface area contributed by atoms with E-state index in [9.17, 15) is 8.99 Å². The van der Waals surface area contributed by atoms with Crippen LogP contribution in [0, 0.1) is 6.92 Å². The Bertz CT molecular complexity index is 785. The molecule has 1 saturated heterocycles. The van der Waals surface area contributed by atoms with Gasteiger partial charge in [0.2, 0.25) is 0 Å². The summed E-state index contributed by atoms with van der Waals surface area (Å²) in [6.45, 7) is 4.81. The van der Waals surface area contributed by atoms with Crippen molar-refractivity contribution in [2.24, 2.45) is 0 Å². The minimum atomic E-state index is -0.0843. The molecule has 0 aromatic heterocycles. The molecule has 158 valence electrons. The SMILES string of the molecule is CCOc1ccc(Cc2cc([C@H]3C[C@@H](SF)C[C@@H](CO)S3)c(OC)cc2C)cc1. The third kappa shape index (κ3) is 5.62. The molecule has 3 nitrogen and oxygen atoms in total. The van der Waals surface area contributed by atoms with Crippen molar-refractivity contribution < 1.29 is 18.5 Å². The average Bonchev–Trinajstić information content (AvgIpc) is 2.75. The summed E-state index contributed by atoms with van der Waals surface area (Å²) < 4.78 is 24.6. The summed E-state index contributed by atoms with van der Waals surface area (Å²) in [6, 6.07) is 12.5. The highest BCUT2D eigenvalue weighted by atomic mass is 32.2. The number of benzene rings is 2. The molecule has 1 heterocycles. The summed E-state index contributed by atoms with van der Waals surface area (Å²) in [7, 11) is 1.68. The standard InChI is InChI=1S/C23H29FO3S2/c1-4-27-18-7-5-16(6-8-18)10-17-11-21(22(26-3)9-15(17)2)23-13-19(29-24)12-20(14-25)28-23/h5-9,11,19-20,23,25H,4,10,12-14H2,1-3H3/t19-,20-,23+/m0/s1. The molecule has 0 amide bonds. The first-order valence-electron chi connectivity index (χ1n) is 10.0. The van der Waals surface area contributed by atoms with Crippen molar-refractivity contribution >= 4 is 23.9 Å². The van der Waals surface area contributed by atoms with Crippen molar-refractivity contribution in [1.29, 1.82) is 0 Å². The molecule has 0 aliphatic carbocycles. The minimum Gasteiger partial charge on any atom is -0.496 e. The Balaban J connectivity index is 1.87. The van der Waals surface area contributed by atoms with Crippen LogP contribution in [-0.2, 0) is 6.42 Å². The fourth-order valence-electron chi connectivity index (χ4n) is 3.82.